The van der Waals surface area contributed by atoms with E-state index in [2.05, 4.69) is 23.6 Å². The van der Waals surface area contributed by atoms with Gasteiger partial charge in [0.15, 0.2) is 5.11 Å². The van der Waals surface area contributed by atoms with Gasteiger partial charge in [-0.3, -0.25) is 4.79 Å². The van der Waals surface area contributed by atoms with E-state index in [0.717, 1.165) is 24.9 Å². The molecule has 29 heavy (non-hydrogen) atoms. The van der Waals surface area contributed by atoms with Crippen molar-refractivity contribution in [3.8, 4) is 0 Å². The summed E-state index contributed by atoms with van der Waals surface area (Å²) in [6, 6.07) is 8.00. The number of anilines is 2. The molecule has 156 valence electrons. The van der Waals surface area contributed by atoms with Crippen LogP contribution < -0.4 is 10.6 Å². The monoisotopic (exact) mass is 433 g/mol. The average Bonchev–Trinajstić information content (AvgIpc) is 3.01. The summed E-state index contributed by atoms with van der Waals surface area (Å²) in [6.07, 6.45) is 3.15. The SMILES string of the molecule is CCCCc1ccccc1NC(=S)Nc1sc(C(=O)N(C)C)c(C)c1C(=O)OC. The van der Waals surface area contributed by atoms with Crippen LogP contribution in [-0.2, 0) is 11.2 Å². The van der Waals surface area contributed by atoms with E-state index in [1.165, 1.54) is 28.9 Å². The topological polar surface area (TPSA) is 70.7 Å². The van der Waals surface area contributed by atoms with E-state index in [0.29, 0.717) is 26.1 Å². The van der Waals surface area contributed by atoms with Crippen LogP contribution in [0.4, 0.5) is 10.7 Å². The largest absolute Gasteiger partial charge is 0.465 e. The number of nitrogens with zero attached hydrogens (tertiary/aromatic N) is 1. The van der Waals surface area contributed by atoms with Gasteiger partial charge in [0.2, 0.25) is 0 Å². The summed E-state index contributed by atoms with van der Waals surface area (Å²) < 4.78 is 4.91. The van der Waals surface area contributed by atoms with E-state index in [9.17, 15) is 9.59 Å². The van der Waals surface area contributed by atoms with Gasteiger partial charge in [-0.2, -0.15) is 0 Å². The molecule has 1 amide bonds. The highest BCUT2D eigenvalue weighted by atomic mass is 32.1. The number of hydrogen-bond donors (Lipinski definition) is 2. The second-order valence-electron chi connectivity index (χ2n) is 6.79. The summed E-state index contributed by atoms with van der Waals surface area (Å²) >= 11 is 6.67. The Morgan fingerprint density at radius 3 is 2.52 bits per heavy atom. The van der Waals surface area contributed by atoms with Gasteiger partial charge < -0.3 is 20.3 Å². The van der Waals surface area contributed by atoms with Crippen LogP contribution in [0.1, 0.15) is 50.9 Å². The predicted molar refractivity (Wildman–Crippen MR) is 123 cm³/mol. The lowest BCUT2D eigenvalue weighted by molar-refractivity contribution is 0.0601. The van der Waals surface area contributed by atoms with Crippen LogP contribution in [0.3, 0.4) is 0 Å². The highest BCUT2D eigenvalue weighted by molar-refractivity contribution is 7.80. The number of nitrogens with one attached hydrogen (secondary N) is 2. The molecule has 0 radical (unpaired) electrons. The van der Waals surface area contributed by atoms with Gasteiger partial charge in [-0.25, -0.2) is 4.79 Å². The molecule has 0 aliphatic rings. The third-order valence-corrected chi connectivity index (χ3v) is 5.83. The number of carbonyl (C=O) groups excluding carboxylic acids is 2. The molecule has 0 saturated heterocycles. The van der Waals surface area contributed by atoms with Gasteiger partial charge in [-0.05, 0) is 49.2 Å². The van der Waals surface area contributed by atoms with Crippen LogP contribution in [0.5, 0.6) is 0 Å². The first kappa shape index (κ1) is 22.8. The smallest absolute Gasteiger partial charge is 0.341 e. The van der Waals surface area contributed by atoms with Crippen molar-refractivity contribution in [3.63, 3.8) is 0 Å². The van der Waals surface area contributed by atoms with Crippen molar-refractivity contribution < 1.29 is 14.3 Å². The Kier molecular flexibility index (Phi) is 8.16. The first-order valence-corrected chi connectivity index (χ1v) is 10.6. The van der Waals surface area contributed by atoms with E-state index in [-0.39, 0.29) is 5.91 Å². The number of benzene rings is 1. The van der Waals surface area contributed by atoms with Gasteiger partial charge >= 0.3 is 5.97 Å². The summed E-state index contributed by atoms with van der Waals surface area (Å²) in [5, 5.41) is 7.13. The number of hydrogen-bond acceptors (Lipinski definition) is 5. The fraction of sp³-hybridized carbons (Fsp3) is 0.381. The molecule has 1 heterocycles. The van der Waals surface area contributed by atoms with E-state index >= 15 is 0 Å². The summed E-state index contributed by atoms with van der Waals surface area (Å²) in [4.78, 5) is 26.8. The van der Waals surface area contributed by atoms with Crippen molar-refractivity contribution in [3.05, 3.63) is 45.8 Å². The Labute approximate surface area is 181 Å². The second-order valence-corrected chi connectivity index (χ2v) is 8.22. The van der Waals surface area contributed by atoms with Crippen molar-refractivity contribution in [2.24, 2.45) is 0 Å². The number of unbranched alkanes of at least 4 members (excludes halogenated alkanes) is 1. The molecule has 2 aromatic rings. The maximum atomic E-state index is 12.5. The number of para-hydroxylation sites is 1. The normalized spacial score (nSPS) is 10.4. The van der Waals surface area contributed by atoms with Crippen LogP contribution in [0.2, 0.25) is 0 Å². The standard InChI is InChI=1S/C21H27N3O3S2/c1-6-7-10-14-11-8-9-12-15(14)22-21(28)23-18-16(20(26)27-5)13(2)17(29-18)19(25)24(3)4/h8-9,11-12H,6-7,10H2,1-5H3,(H2,22,23,28). The highest BCUT2D eigenvalue weighted by Gasteiger charge is 2.26. The van der Waals surface area contributed by atoms with Crippen molar-refractivity contribution in [2.45, 2.75) is 33.1 Å². The van der Waals surface area contributed by atoms with Gasteiger partial charge in [0.25, 0.3) is 5.91 Å². The van der Waals surface area contributed by atoms with E-state index < -0.39 is 5.97 Å². The number of carbonyl (C=O) groups is 2. The lowest BCUT2D eigenvalue weighted by Crippen LogP contribution is -2.21. The molecule has 0 atom stereocenters. The molecule has 1 aromatic carbocycles. The van der Waals surface area contributed by atoms with Crippen molar-refractivity contribution in [2.75, 3.05) is 31.8 Å². The molecule has 0 bridgehead atoms. The summed E-state index contributed by atoms with van der Waals surface area (Å²) in [5.74, 6) is -0.681. The molecule has 0 fully saturated rings. The zero-order valence-corrected chi connectivity index (χ0v) is 19.1. The van der Waals surface area contributed by atoms with Crippen LogP contribution in [0.25, 0.3) is 0 Å². The molecule has 8 heteroatoms. The number of aryl methyl sites for hydroxylation is 1. The quantitative estimate of drug-likeness (QED) is 0.487. The molecule has 0 aliphatic heterocycles. The van der Waals surface area contributed by atoms with Crippen molar-refractivity contribution in [1.82, 2.24) is 4.90 Å². The fourth-order valence-electron chi connectivity index (χ4n) is 2.84. The lowest BCUT2D eigenvalue weighted by Gasteiger charge is -2.14. The van der Waals surface area contributed by atoms with E-state index in [4.69, 9.17) is 17.0 Å². The highest BCUT2D eigenvalue weighted by Crippen LogP contribution is 2.34. The fourth-order valence-corrected chi connectivity index (χ4v) is 4.34. The molecule has 2 N–H and O–H groups in total. The zero-order chi connectivity index (χ0) is 21.6. The minimum atomic E-state index is -0.509. The Morgan fingerprint density at radius 2 is 1.90 bits per heavy atom. The molecule has 0 aliphatic carbocycles. The summed E-state index contributed by atoms with van der Waals surface area (Å²) in [6.45, 7) is 3.89. The third kappa shape index (κ3) is 5.55. The first-order chi connectivity index (χ1) is 13.8. The van der Waals surface area contributed by atoms with Gasteiger partial charge in [0.1, 0.15) is 5.00 Å². The Balaban J connectivity index is 2.29. The van der Waals surface area contributed by atoms with Crippen molar-refractivity contribution >= 4 is 51.2 Å². The van der Waals surface area contributed by atoms with Crippen LogP contribution in [0.15, 0.2) is 24.3 Å². The minimum absolute atomic E-state index is 0.172. The van der Waals surface area contributed by atoms with Gasteiger partial charge in [-0.15, -0.1) is 11.3 Å². The van der Waals surface area contributed by atoms with E-state index in [1.807, 2.05) is 18.2 Å². The summed E-state index contributed by atoms with van der Waals surface area (Å²) in [5.41, 5.74) is 3.01. The summed E-state index contributed by atoms with van der Waals surface area (Å²) in [7, 11) is 4.66. The number of thiocarbonyl (C=S) groups is 1. The van der Waals surface area contributed by atoms with Crippen LogP contribution in [-0.4, -0.2) is 43.1 Å². The van der Waals surface area contributed by atoms with Crippen LogP contribution >= 0.6 is 23.6 Å². The molecule has 1 aromatic heterocycles. The van der Waals surface area contributed by atoms with Gasteiger partial charge in [0.05, 0.1) is 17.6 Å². The molecule has 0 spiro atoms. The number of thiophene rings is 1. The second kappa shape index (κ2) is 10.4. The number of ether oxygens (including phenoxy) is 1. The van der Waals surface area contributed by atoms with Gasteiger partial charge in [-0.1, -0.05) is 31.5 Å². The van der Waals surface area contributed by atoms with Crippen LogP contribution in [0, 0.1) is 6.92 Å². The Hall–Kier alpha value is -2.45. The Morgan fingerprint density at radius 1 is 1.21 bits per heavy atom. The molecular formula is C21H27N3O3S2. The molecule has 6 nitrogen and oxygen atoms in total. The molecular weight excluding hydrogens is 406 g/mol. The third-order valence-electron chi connectivity index (χ3n) is 4.43. The maximum absolute atomic E-state index is 12.5. The number of rotatable bonds is 7. The molecule has 0 unspecified atom stereocenters. The van der Waals surface area contributed by atoms with Gasteiger partial charge in [0, 0.05) is 19.8 Å². The lowest BCUT2D eigenvalue weighted by atomic mass is 10.1. The number of amides is 1. The number of esters is 1. The average molecular weight is 434 g/mol. The molecule has 0 saturated carbocycles. The Bertz CT molecular complexity index is 907. The number of methoxy groups -OCH3 is 1. The van der Waals surface area contributed by atoms with E-state index in [1.54, 1.807) is 21.0 Å². The molecule has 2 rings (SSSR count). The maximum Gasteiger partial charge on any atom is 0.341 e. The van der Waals surface area contributed by atoms with Crippen molar-refractivity contribution in [1.29, 1.82) is 0 Å². The zero-order valence-electron chi connectivity index (χ0n) is 17.4. The predicted octanol–water partition coefficient (Wildman–Crippen LogP) is 4.70. The first-order valence-electron chi connectivity index (χ1n) is 9.39. The minimum Gasteiger partial charge on any atom is -0.465 e.